The van der Waals surface area contributed by atoms with Crippen molar-refractivity contribution in [2.45, 2.75) is 4.90 Å². The SMILES string of the molecule is COOSc1cccc(-c2cc(N(C)C)ccn2)c1. The predicted molar refractivity (Wildman–Crippen MR) is 78.0 cm³/mol. The van der Waals surface area contributed by atoms with Gasteiger partial charge in [0.2, 0.25) is 0 Å². The van der Waals surface area contributed by atoms with Crippen LogP contribution in [0.2, 0.25) is 0 Å². The van der Waals surface area contributed by atoms with Gasteiger partial charge in [0.15, 0.2) is 0 Å². The summed E-state index contributed by atoms with van der Waals surface area (Å²) >= 11 is 1.18. The Bertz CT molecular complexity index is 546. The molecule has 5 heteroatoms. The molecule has 0 fully saturated rings. The minimum atomic E-state index is 0.936. The van der Waals surface area contributed by atoms with Gasteiger partial charge in [-0.05, 0) is 24.3 Å². The molecular formula is C14H16N2O2S. The van der Waals surface area contributed by atoms with E-state index in [1.54, 1.807) is 0 Å². The lowest BCUT2D eigenvalue weighted by atomic mass is 10.1. The molecular weight excluding hydrogens is 260 g/mol. The van der Waals surface area contributed by atoms with E-state index in [2.05, 4.69) is 20.8 Å². The Morgan fingerprint density at radius 1 is 1.16 bits per heavy atom. The van der Waals surface area contributed by atoms with Crippen LogP contribution in [0, 0.1) is 0 Å². The van der Waals surface area contributed by atoms with Gasteiger partial charge in [0.05, 0.1) is 24.8 Å². The van der Waals surface area contributed by atoms with Crippen molar-refractivity contribution in [2.75, 3.05) is 26.1 Å². The van der Waals surface area contributed by atoms with Crippen LogP contribution >= 0.6 is 12.0 Å². The van der Waals surface area contributed by atoms with Gasteiger partial charge < -0.3 is 4.90 Å². The van der Waals surface area contributed by atoms with E-state index in [0.717, 1.165) is 21.8 Å². The molecule has 0 N–H and O–H groups in total. The monoisotopic (exact) mass is 276 g/mol. The highest BCUT2D eigenvalue weighted by Crippen LogP contribution is 2.26. The molecule has 0 aliphatic rings. The van der Waals surface area contributed by atoms with E-state index >= 15 is 0 Å². The normalized spacial score (nSPS) is 10.5. The summed E-state index contributed by atoms with van der Waals surface area (Å²) in [6.45, 7) is 0. The molecule has 0 aliphatic heterocycles. The van der Waals surface area contributed by atoms with Crippen molar-refractivity contribution in [3.63, 3.8) is 0 Å². The highest BCUT2D eigenvalue weighted by atomic mass is 32.2. The van der Waals surface area contributed by atoms with Gasteiger partial charge >= 0.3 is 0 Å². The minimum Gasteiger partial charge on any atom is -0.378 e. The van der Waals surface area contributed by atoms with Gasteiger partial charge in [-0.15, -0.1) is 0 Å². The fourth-order valence-corrected chi connectivity index (χ4v) is 2.09. The molecule has 100 valence electrons. The van der Waals surface area contributed by atoms with Crippen molar-refractivity contribution >= 4 is 17.7 Å². The molecule has 4 nitrogen and oxygen atoms in total. The molecule has 1 aromatic carbocycles. The zero-order chi connectivity index (χ0) is 13.7. The van der Waals surface area contributed by atoms with Crippen molar-refractivity contribution in [3.05, 3.63) is 42.6 Å². The third-order valence-corrected chi connectivity index (χ3v) is 3.24. The zero-order valence-corrected chi connectivity index (χ0v) is 12.0. The van der Waals surface area contributed by atoms with Crippen molar-refractivity contribution in [1.29, 1.82) is 0 Å². The molecule has 0 radical (unpaired) electrons. The fourth-order valence-electron chi connectivity index (χ4n) is 1.64. The number of anilines is 1. The maximum atomic E-state index is 4.86. The highest BCUT2D eigenvalue weighted by molar-refractivity contribution is 7.94. The number of pyridine rings is 1. The van der Waals surface area contributed by atoms with Gasteiger partial charge in [-0.2, -0.15) is 4.33 Å². The lowest BCUT2D eigenvalue weighted by Crippen LogP contribution is -2.08. The summed E-state index contributed by atoms with van der Waals surface area (Å²) in [5, 5.41) is 0. The number of aromatic nitrogens is 1. The third kappa shape index (κ3) is 3.70. The third-order valence-electron chi connectivity index (χ3n) is 2.59. The Hall–Kier alpha value is -1.56. The quantitative estimate of drug-likeness (QED) is 0.475. The smallest absolute Gasteiger partial charge is 0.0725 e. The van der Waals surface area contributed by atoms with E-state index < -0.39 is 0 Å². The Balaban J connectivity index is 2.28. The fraction of sp³-hybridized carbons (Fsp3) is 0.214. The summed E-state index contributed by atoms with van der Waals surface area (Å²) in [5.74, 6) is 0. The summed E-state index contributed by atoms with van der Waals surface area (Å²) in [5.41, 5.74) is 3.11. The summed E-state index contributed by atoms with van der Waals surface area (Å²) in [6, 6.07) is 12.0. The largest absolute Gasteiger partial charge is 0.378 e. The maximum absolute atomic E-state index is 4.86. The summed E-state index contributed by atoms with van der Waals surface area (Å²) < 4.78 is 4.86. The van der Waals surface area contributed by atoms with Crippen LogP contribution in [0.25, 0.3) is 11.3 Å². The van der Waals surface area contributed by atoms with Gasteiger partial charge in [-0.3, -0.25) is 4.98 Å². The van der Waals surface area contributed by atoms with Crippen LogP contribution in [0.15, 0.2) is 47.5 Å². The lowest BCUT2D eigenvalue weighted by molar-refractivity contribution is -0.160. The first-order valence-electron chi connectivity index (χ1n) is 5.82. The van der Waals surface area contributed by atoms with E-state index in [1.807, 2.05) is 50.6 Å². The molecule has 0 spiro atoms. The molecule has 1 aromatic heterocycles. The van der Waals surface area contributed by atoms with E-state index in [0.29, 0.717) is 0 Å². The predicted octanol–water partition coefficient (Wildman–Crippen LogP) is 3.40. The van der Waals surface area contributed by atoms with Crippen molar-refractivity contribution in [3.8, 4) is 11.3 Å². The molecule has 0 unspecified atom stereocenters. The average Bonchev–Trinajstić information content (AvgIpc) is 2.45. The van der Waals surface area contributed by atoms with Crippen LogP contribution in [0.1, 0.15) is 0 Å². The van der Waals surface area contributed by atoms with Gasteiger partial charge in [0, 0.05) is 36.4 Å². The van der Waals surface area contributed by atoms with E-state index in [-0.39, 0.29) is 0 Å². The molecule has 0 aliphatic carbocycles. The van der Waals surface area contributed by atoms with E-state index in [9.17, 15) is 0 Å². The average molecular weight is 276 g/mol. The Morgan fingerprint density at radius 2 is 2.00 bits per heavy atom. The Labute approximate surface area is 117 Å². The molecule has 0 amide bonds. The number of hydrogen-bond donors (Lipinski definition) is 0. The second kappa shape index (κ2) is 6.56. The molecule has 0 bridgehead atoms. The van der Waals surface area contributed by atoms with Crippen LogP contribution in [-0.4, -0.2) is 26.2 Å². The topological polar surface area (TPSA) is 34.6 Å². The van der Waals surface area contributed by atoms with Gasteiger partial charge in [0.25, 0.3) is 0 Å². The molecule has 0 saturated heterocycles. The number of hydrogen-bond acceptors (Lipinski definition) is 5. The van der Waals surface area contributed by atoms with E-state index in [1.165, 1.54) is 19.2 Å². The first kappa shape index (κ1) is 13.9. The van der Waals surface area contributed by atoms with Crippen molar-refractivity contribution in [2.24, 2.45) is 0 Å². The van der Waals surface area contributed by atoms with Gasteiger partial charge in [-0.25, -0.2) is 4.89 Å². The number of rotatable bonds is 5. The summed E-state index contributed by atoms with van der Waals surface area (Å²) in [6.07, 6.45) is 1.82. The van der Waals surface area contributed by atoms with E-state index in [4.69, 9.17) is 4.33 Å². The van der Waals surface area contributed by atoms with Gasteiger partial charge in [0.1, 0.15) is 0 Å². The first-order chi connectivity index (χ1) is 9.20. The molecule has 19 heavy (non-hydrogen) atoms. The van der Waals surface area contributed by atoms with Crippen LogP contribution < -0.4 is 4.90 Å². The van der Waals surface area contributed by atoms with Gasteiger partial charge in [-0.1, -0.05) is 12.1 Å². The molecule has 2 aromatic rings. The molecule has 0 atom stereocenters. The molecule has 0 saturated carbocycles. The van der Waals surface area contributed by atoms with Crippen LogP contribution in [0.3, 0.4) is 0 Å². The number of benzene rings is 1. The maximum Gasteiger partial charge on any atom is 0.0725 e. The second-order valence-electron chi connectivity index (χ2n) is 4.14. The first-order valence-corrected chi connectivity index (χ1v) is 6.56. The molecule has 2 rings (SSSR count). The number of nitrogens with zero attached hydrogens (tertiary/aromatic N) is 2. The van der Waals surface area contributed by atoms with Crippen molar-refractivity contribution in [1.82, 2.24) is 4.98 Å². The van der Waals surface area contributed by atoms with Crippen molar-refractivity contribution < 1.29 is 9.22 Å². The zero-order valence-electron chi connectivity index (χ0n) is 11.2. The minimum absolute atomic E-state index is 0.936. The second-order valence-corrected chi connectivity index (χ2v) is 4.91. The summed E-state index contributed by atoms with van der Waals surface area (Å²) in [4.78, 5) is 12.0. The Kier molecular flexibility index (Phi) is 4.79. The van der Waals surface area contributed by atoms with Crippen LogP contribution in [-0.2, 0) is 9.22 Å². The lowest BCUT2D eigenvalue weighted by Gasteiger charge is -2.13. The summed E-state index contributed by atoms with van der Waals surface area (Å²) in [7, 11) is 5.51. The standard InChI is InChI=1S/C14H16N2O2S/c1-16(2)12-7-8-15-14(10-12)11-5-4-6-13(9-11)19-18-17-3/h4-10H,1-3H3. The van der Waals surface area contributed by atoms with Crippen LogP contribution in [0.4, 0.5) is 5.69 Å². The highest BCUT2D eigenvalue weighted by Gasteiger charge is 2.04. The molecule has 1 heterocycles. The Morgan fingerprint density at radius 3 is 2.74 bits per heavy atom. The van der Waals surface area contributed by atoms with Crippen LogP contribution in [0.5, 0.6) is 0 Å².